The minimum absolute atomic E-state index is 0. The van der Waals surface area contributed by atoms with E-state index in [1.165, 1.54) is 0 Å². The maximum atomic E-state index is 10.2. The Morgan fingerprint density at radius 3 is 1.72 bits per heavy atom. The van der Waals surface area contributed by atoms with E-state index in [0.29, 0.717) is 12.0 Å². The molecule has 0 saturated carbocycles. The second kappa shape index (κ2) is 10.6. The molecule has 0 saturated heterocycles. The number of carboxylic acid groups (broad SMARTS) is 3. The van der Waals surface area contributed by atoms with Crippen molar-refractivity contribution in [3.05, 3.63) is 42.3 Å². The number of carbonyl (C=O) groups is 3. The predicted octanol–water partition coefficient (Wildman–Crippen LogP) is -1.86. The van der Waals surface area contributed by atoms with Gasteiger partial charge in [0.15, 0.2) is 5.97 Å². The molecule has 0 radical (unpaired) electrons. The Morgan fingerprint density at radius 1 is 1.00 bits per heavy atom. The van der Waals surface area contributed by atoms with Gasteiger partial charge in [-0.1, -0.05) is 24.6 Å². The molecule has 7 heteroatoms. The van der Waals surface area contributed by atoms with Crippen LogP contribution in [0.2, 0.25) is 0 Å². The van der Waals surface area contributed by atoms with Crippen molar-refractivity contribution >= 4 is 17.9 Å². The Hall–Kier alpha value is -1.50. The van der Waals surface area contributed by atoms with Crippen molar-refractivity contribution in [2.24, 2.45) is 0 Å². The van der Waals surface area contributed by atoms with E-state index in [1.807, 2.05) is 0 Å². The van der Waals surface area contributed by atoms with Gasteiger partial charge in [-0.15, -0.1) is 0 Å². The van der Waals surface area contributed by atoms with E-state index in [4.69, 9.17) is 15.3 Å². The van der Waals surface area contributed by atoms with Crippen molar-refractivity contribution < 1.29 is 59.3 Å². The van der Waals surface area contributed by atoms with Gasteiger partial charge < -0.3 is 15.3 Å². The van der Waals surface area contributed by atoms with Crippen LogP contribution in [0.3, 0.4) is 0 Å². The Bertz CT molecular complexity index is 376. The van der Waals surface area contributed by atoms with Crippen LogP contribution in [0.1, 0.15) is 16.8 Å². The van der Waals surface area contributed by atoms with Gasteiger partial charge in [0, 0.05) is 0 Å². The molecule has 0 atom stereocenters. The van der Waals surface area contributed by atoms with Crippen LogP contribution in [0.4, 0.5) is 0 Å². The molecule has 0 heterocycles. The topological polar surface area (TPSA) is 112 Å². The molecule has 18 heavy (non-hydrogen) atoms. The molecular weight excluding hydrogens is 251 g/mol. The van der Waals surface area contributed by atoms with Crippen LogP contribution >= 0.6 is 0 Å². The first-order valence-corrected chi connectivity index (χ1v) is 4.49. The van der Waals surface area contributed by atoms with Crippen LogP contribution in [0.25, 0.3) is 0 Å². The maximum Gasteiger partial charge on any atom is 1.00 e. The molecule has 3 N–H and O–H groups in total. The Balaban J connectivity index is 0. The largest absolute Gasteiger partial charge is 1.00 e. The molecule has 1 rings (SSSR count). The van der Waals surface area contributed by atoms with Crippen molar-refractivity contribution in [3.63, 3.8) is 0 Å². The summed E-state index contributed by atoms with van der Waals surface area (Å²) in [6.45, 7) is 0. The zero-order valence-electron chi connectivity index (χ0n) is 9.74. The third-order valence-corrected chi connectivity index (χ3v) is 1.47. The van der Waals surface area contributed by atoms with Crippen molar-refractivity contribution in [2.75, 3.05) is 0 Å². The van der Waals surface area contributed by atoms with Crippen LogP contribution in [-0.4, -0.2) is 33.2 Å². The van der Waals surface area contributed by atoms with Gasteiger partial charge in [-0.05, 0) is 12.1 Å². The zero-order valence-corrected chi connectivity index (χ0v) is 11.7. The number of carboxylic acids is 3. The van der Waals surface area contributed by atoms with Crippen molar-refractivity contribution in [2.45, 2.75) is 6.42 Å². The average Bonchev–Trinajstić information content (AvgIpc) is 2.28. The Morgan fingerprint density at radius 2 is 1.50 bits per heavy atom. The second-order valence-corrected chi connectivity index (χ2v) is 2.81. The Kier molecular flexibility index (Phi) is 11.1. The van der Waals surface area contributed by atoms with Crippen LogP contribution in [0.15, 0.2) is 30.3 Å². The summed E-state index contributed by atoms with van der Waals surface area (Å²) in [6.07, 6.45) is 0.262. The quantitative estimate of drug-likeness (QED) is 0.433. The number of hydrogen-bond donors (Lipinski definition) is 3. The smallest absolute Gasteiger partial charge is 0.503 e. The van der Waals surface area contributed by atoms with Crippen LogP contribution < -0.4 is 29.6 Å². The molecule has 1 aromatic carbocycles. The summed E-state index contributed by atoms with van der Waals surface area (Å²) < 4.78 is 0. The van der Waals surface area contributed by atoms with Gasteiger partial charge in [0.2, 0.25) is 0 Å². The number of aromatic carboxylic acids is 1. The second-order valence-electron chi connectivity index (χ2n) is 2.81. The number of hydrogen-bond acceptors (Lipinski definition) is 3. The van der Waals surface area contributed by atoms with E-state index in [9.17, 15) is 14.4 Å². The molecule has 0 spiro atoms. The van der Waals surface area contributed by atoms with Crippen molar-refractivity contribution in [1.82, 2.24) is 0 Å². The van der Waals surface area contributed by atoms with Gasteiger partial charge in [-0.3, -0.25) is 16.0 Å². The molecule has 0 bridgehead atoms. The number of aliphatic carboxylic acids is 2. The summed E-state index contributed by atoms with van der Waals surface area (Å²) in [5.41, 5.74) is 0.331. The first-order chi connectivity index (χ1) is 7.93. The molecule has 0 aromatic heterocycles. The fraction of sp³-hybridized carbons (Fsp3) is 0.0909. The third kappa shape index (κ3) is 11.0. The molecule has 0 unspecified atom stereocenters. The molecule has 92 valence electrons. The van der Waals surface area contributed by atoms with E-state index >= 15 is 0 Å². The predicted molar refractivity (Wildman–Crippen MR) is 57.6 cm³/mol. The molecular formula is C11H11NaO6. The van der Waals surface area contributed by atoms with Gasteiger partial charge in [0.1, 0.15) is 0 Å². The Labute approximate surface area is 126 Å². The summed E-state index contributed by atoms with van der Waals surface area (Å²) in [7, 11) is 0. The molecule has 0 aliphatic rings. The van der Waals surface area contributed by atoms with E-state index < -0.39 is 24.3 Å². The minimum atomic E-state index is -1.20. The summed E-state index contributed by atoms with van der Waals surface area (Å²) in [6, 6.07) is 8.30. The van der Waals surface area contributed by atoms with E-state index in [-0.39, 0.29) is 29.6 Å². The van der Waals surface area contributed by atoms with Crippen molar-refractivity contribution in [1.29, 1.82) is 0 Å². The van der Waals surface area contributed by atoms with Crippen LogP contribution in [0.5, 0.6) is 0 Å². The van der Waals surface area contributed by atoms with E-state index in [1.54, 1.807) is 30.3 Å². The van der Waals surface area contributed by atoms with Crippen LogP contribution in [0, 0.1) is 6.42 Å². The van der Waals surface area contributed by atoms with Crippen molar-refractivity contribution in [3.8, 4) is 0 Å². The summed E-state index contributed by atoms with van der Waals surface area (Å²) in [5.74, 6) is -3.21. The number of rotatable bonds is 4. The zero-order chi connectivity index (χ0) is 13.3. The summed E-state index contributed by atoms with van der Waals surface area (Å²) >= 11 is 0. The van der Waals surface area contributed by atoms with Gasteiger partial charge in [-0.2, -0.15) is 0 Å². The number of benzene rings is 1. The fourth-order valence-corrected chi connectivity index (χ4v) is 0.755. The summed E-state index contributed by atoms with van der Waals surface area (Å²) in [4.78, 5) is 29.4. The van der Waals surface area contributed by atoms with E-state index in [2.05, 4.69) is 0 Å². The molecule has 1 aromatic rings. The normalized spacial score (nSPS) is 8.00. The maximum absolute atomic E-state index is 10.2. The molecule has 0 amide bonds. The molecule has 6 nitrogen and oxygen atoms in total. The van der Waals surface area contributed by atoms with Gasteiger partial charge in [0.25, 0.3) is 5.97 Å². The van der Waals surface area contributed by atoms with Crippen LogP contribution in [-0.2, 0) is 9.59 Å². The minimum Gasteiger partial charge on any atom is -0.503 e. The standard InChI is InChI=1S/C7H6O2.C4H5O4.Na/c8-7(9)6-4-2-1-3-5-6;5-3(6)1-2-4(7)8;/h1-5H,(H,8,9);1H,2H2,(H,5,6)(H,7,8);/q;-1;+1. The molecule has 0 aliphatic heterocycles. The first kappa shape index (κ1) is 18.9. The SMILES string of the molecule is O=C(O)[CH-]CC(=O)O.O=C(O)c1ccccc1.[Na+]. The third-order valence-electron chi connectivity index (χ3n) is 1.47. The first-order valence-electron chi connectivity index (χ1n) is 4.49. The van der Waals surface area contributed by atoms with Gasteiger partial charge in [-0.25, -0.2) is 4.79 Å². The summed E-state index contributed by atoms with van der Waals surface area (Å²) in [5, 5.41) is 24.1. The monoisotopic (exact) mass is 262 g/mol. The van der Waals surface area contributed by atoms with Gasteiger partial charge >= 0.3 is 35.5 Å². The average molecular weight is 262 g/mol. The fourth-order valence-electron chi connectivity index (χ4n) is 0.755. The van der Waals surface area contributed by atoms with E-state index in [0.717, 1.165) is 0 Å². The molecule has 0 aliphatic carbocycles. The molecule has 0 fully saturated rings. The van der Waals surface area contributed by atoms with Gasteiger partial charge in [0.05, 0.1) is 5.56 Å².